The largest absolute Gasteiger partial charge is 0.494 e. The molecule has 0 atom stereocenters. The van der Waals surface area contributed by atoms with Gasteiger partial charge in [0.1, 0.15) is 17.4 Å². The van der Waals surface area contributed by atoms with Gasteiger partial charge in [-0.25, -0.2) is 0 Å². The molecule has 0 heterocycles. The summed E-state index contributed by atoms with van der Waals surface area (Å²) in [5, 5.41) is 11.8. The quantitative estimate of drug-likeness (QED) is 0.402. The standard InChI is InChI=1S/C19H26N2O2/c1-3-5-6-7-13-23-18-10-8-16(9-11-18)14-17(15-20)19(22)21-12-4-2/h8-11,14H,3-7,12-13H2,1-2H3,(H,21,22)/b17-14-. The van der Waals surface area contributed by atoms with Gasteiger partial charge >= 0.3 is 0 Å². The number of unbranched alkanes of at least 4 members (excludes halogenated alkanes) is 3. The Hall–Kier alpha value is -2.28. The highest BCUT2D eigenvalue weighted by molar-refractivity contribution is 6.01. The molecule has 0 saturated heterocycles. The van der Waals surface area contributed by atoms with Gasteiger partial charge in [-0.1, -0.05) is 45.2 Å². The third kappa shape index (κ3) is 7.51. The summed E-state index contributed by atoms with van der Waals surface area (Å²) >= 11 is 0. The van der Waals surface area contributed by atoms with Gasteiger partial charge in [0, 0.05) is 6.54 Å². The molecule has 4 nitrogen and oxygen atoms in total. The molecule has 0 bridgehead atoms. The van der Waals surface area contributed by atoms with E-state index in [4.69, 9.17) is 10.00 Å². The predicted octanol–water partition coefficient (Wildman–Crippen LogP) is 4.08. The summed E-state index contributed by atoms with van der Waals surface area (Å²) in [7, 11) is 0. The minimum absolute atomic E-state index is 0.117. The highest BCUT2D eigenvalue weighted by Crippen LogP contribution is 2.15. The Morgan fingerprint density at radius 1 is 1.17 bits per heavy atom. The molecule has 1 rings (SSSR count). The van der Waals surface area contributed by atoms with E-state index in [-0.39, 0.29) is 11.5 Å². The molecular weight excluding hydrogens is 288 g/mol. The lowest BCUT2D eigenvalue weighted by Crippen LogP contribution is -2.25. The van der Waals surface area contributed by atoms with E-state index in [0.29, 0.717) is 6.54 Å². The van der Waals surface area contributed by atoms with E-state index in [1.54, 1.807) is 6.08 Å². The van der Waals surface area contributed by atoms with E-state index in [9.17, 15) is 4.79 Å². The monoisotopic (exact) mass is 314 g/mol. The topological polar surface area (TPSA) is 62.1 Å². The van der Waals surface area contributed by atoms with Crippen molar-refractivity contribution < 1.29 is 9.53 Å². The average molecular weight is 314 g/mol. The van der Waals surface area contributed by atoms with Gasteiger partial charge in [-0.3, -0.25) is 4.79 Å². The molecule has 0 radical (unpaired) electrons. The normalized spacial score (nSPS) is 10.9. The third-order valence-electron chi connectivity index (χ3n) is 3.36. The van der Waals surface area contributed by atoms with Crippen molar-refractivity contribution in [1.82, 2.24) is 5.32 Å². The number of carbonyl (C=O) groups is 1. The molecule has 0 spiro atoms. The minimum Gasteiger partial charge on any atom is -0.494 e. The zero-order chi connectivity index (χ0) is 16.9. The lowest BCUT2D eigenvalue weighted by Gasteiger charge is -2.06. The summed E-state index contributed by atoms with van der Waals surface area (Å²) in [6.07, 6.45) is 7.14. The Morgan fingerprint density at radius 3 is 2.52 bits per heavy atom. The molecule has 1 aromatic carbocycles. The van der Waals surface area contributed by atoms with Crippen LogP contribution in [0.25, 0.3) is 6.08 Å². The molecule has 4 heteroatoms. The number of hydrogen-bond acceptors (Lipinski definition) is 3. The molecule has 23 heavy (non-hydrogen) atoms. The van der Waals surface area contributed by atoms with Crippen molar-refractivity contribution >= 4 is 12.0 Å². The second-order valence-corrected chi connectivity index (χ2v) is 5.40. The van der Waals surface area contributed by atoms with Crippen LogP contribution in [-0.2, 0) is 4.79 Å². The Morgan fingerprint density at radius 2 is 1.91 bits per heavy atom. The first-order chi connectivity index (χ1) is 11.2. The number of amides is 1. The maximum absolute atomic E-state index is 11.8. The van der Waals surface area contributed by atoms with Gasteiger partial charge in [0.05, 0.1) is 6.61 Å². The molecule has 0 aliphatic rings. The number of hydrogen-bond donors (Lipinski definition) is 1. The molecule has 1 N–H and O–H groups in total. The predicted molar refractivity (Wildman–Crippen MR) is 93.0 cm³/mol. The SMILES string of the molecule is CCCCCCOc1ccc(/C=C(/C#N)C(=O)NCCC)cc1. The molecule has 0 aromatic heterocycles. The maximum atomic E-state index is 11.8. The summed E-state index contributed by atoms with van der Waals surface area (Å²) in [6, 6.07) is 9.38. The average Bonchev–Trinajstić information content (AvgIpc) is 2.58. The van der Waals surface area contributed by atoms with Crippen molar-refractivity contribution in [2.75, 3.05) is 13.2 Å². The van der Waals surface area contributed by atoms with Crippen molar-refractivity contribution in [3.8, 4) is 11.8 Å². The van der Waals surface area contributed by atoms with Crippen LogP contribution in [0, 0.1) is 11.3 Å². The number of carbonyl (C=O) groups excluding carboxylic acids is 1. The second kappa shape index (κ2) is 11.3. The van der Waals surface area contributed by atoms with E-state index in [1.165, 1.54) is 19.3 Å². The van der Waals surface area contributed by atoms with E-state index < -0.39 is 0 Å². The van der Waals surface area contributed by atoms with E-state index in [1.807, 2.05) is 37.3 Å². The first-order valence-electron chi connectivity index (χ1n) is 8.34. The van der Waals surface area contributed by atoms with Crippen molar-refractivity contribution in [2.45, 2.75) is 46.0 Å². The van der Waals surface area contributed by atoms with Crippen LogP contribution < -0.4 is 10.1 Å². The molecule has 0 aliphatic carbocycles. The lowest BCUT2D eigenvalue weighted by atomic mass is 10.1. The zero-order valence-electron chi connectivity index (χ0n) is 14.1. The first-order valence-corrected chi connectivity index (χ1v) is 8.34. The van der Waals surface area contributed by atoms with Crippen LogP contribution in [0.5, 0.6) is 5.75 Å². The first kappa shape index (κ1) is 18.8. The lowest BCUT2D eigenvalue weighted by molar-refractivity contribution is -0.117. The van der Waals surface area contributed by atoms with Gasteiger partial charge in [-0.05, 0) is 36.6 Å². The minimum atomic E-state index is -0.328. The van der Waals surface area contributed by atoms with Crippen LogP contribution in [0.1, 0.15) is 51.5 Å². The van der Waals surface area contributed by atoms with Crippen LogP contribution >= 0.6 is 0 Å². The van der Waals surface area contributed by atoms with Crippen LogP contribution in [-0.4, -0.2) is 19.1 Å². The summed E-state index contributed by atoms with van der Waals surface area (Å²) in [6.45, 7) is 5.45. The Kier molecular flexibility index (Phi) is 9.23. The summed E-state index contributed by atoms with van der Waals surface area (Å²) in [5.74, 6) is 0.484. The summed E-state index contributed by atoms with van der Waals surface area (Å²) in [5.41, 5.74) is 0.929. The van der Waals surface area contributed by atoms with Crippen molar-refractivity contribution in [3.63, 3.8) is 0 Å². The fourth-order valence-corrected chi connectivity index (χ4v) is 2.03. The van der Waals surface area contributed by atoms with Crippen molar-refractivity contribution in [3.05, 3.63) is 35.4 Å². The second-order valence-electron chi connectivity index (χ2n) is 5.40. The van der Waals surface area contributed by atoms with E-state index >= 15 is 0 Å². The fraction of sp³-hybridized carbons (Fsp3) is 0.474. The molecule has 0 fully saturated rings. The van der Waals surface area contributed by atoms with Crippen LogP contribution in [0.4, 0.5) is 0 Å². The molecule has 0 aliphatic heterocycles. The molecule has 1 aromatic rings. The Labute approximate surface area is 139 Å². The molecule has 0 saturated carbocycles. The van der Waals surface area contributed by atoms with Gasteiger partial charge in [-0.2, -0.15) is 5.26 Å². The number of ether oxygens (including phenoxy) is 1. The molecule has 124 valence electrons. The number of nitrogens with one attached hydrogen (secondary N) is 1. The van der Waals surface area contributed by atoms with Crippen molar-refractivity contribution in [2.24, 2.45) is 0 Å². The number of rotatable bonds is 10. The van der Waals surface area contributed by atoms with E-state index in [0.717, 1.165) is 30.8 Å². The Balaban J connectivity index is 2.56. The number of benzene rings is 1. The van der Waals surface area contributed by atoms with Crippen LogP contribution in [0.15, 0.2) is 29.8 Å². The van der Waals surface area contributed by atoms with Gasteiger partial charge in [0.15, 0.2) is 0 Å². The van der Waals surface area contributed by atoms with Crippen LogP contribution in [0.2, 0.25) is 0 Å². The van der Waals surface area contributed by atoms with Crippen LogP contribution in [0.3, 0.4) is 0 Å². The smallest absolute Gasteiger partial charge is 0.261 e. The third-order valence-corrected chi connectivity index (χ3v) is 3.36. The molecular formula is C19H26N2O2. The number of nitriles is 1. The van der Waals surface area contributed by atoms with E-state index in [2.05, 4.69) is 12.2 Å². The van der Waals surface area contributed by atoms with Gasteiger partial charge in [0.25, 0.3) is 5.91 Å². The zero-order valence-corrected chi connectivity index (χ0v) is 14.1. The van der Waals surface area contributed by atoms with Crippen molar-refractivity contribution in [1.29, 1.82) is 5.26 Å². The summed E-state index contributed by atoms with van der Waals surface area (Å²) in [4.78, 5) is 11.8. The Bertz CT molecular complexity index is 541. The molecule has 1 amide bonds. The maximum Gasteiger partial charge on any atom is 0.261 e. The van der Waals surface area contributed by atoms with Gasteiger partial charge in [-0.15, -0.1) is 0 Å². The molecule has 0 unspecified atom stereocenters. The highest BCUT2D eigenvalue weighted by Gasteiger charge is 2.07. The van der Waals surface area contributed by atoms with Gasteiger partial charge < -0.3 is 10.1 Å². The summed E-state index contributed by atoms with van der Waals surface area (Å²) < 4.78 is 5.67. The van der Waals surface area contributed by atoms with Gasteiger partial charge in [0.2, 0.25) is 0 Å². The number of nitrogens with zero attached hydrogens (tertiary/aromatic N) is 1. The fourth-order valence-electron chi connectivity index (χ4n) is 2.03. The highest BCUT2D eigenvalue weighted by atomic mass is 16.5.